The van der Waals surface area contributed by atoms with Gasteiger partial charge in [0.05, 0.1) is 15.0 Å². The lowest BCUT2D eigenvalue weighted by molar-refractivity contribution is 0.0468. The molecule has 0 spiro atoms. The van der Waals surface area contributed by atoms with Crippen molar-refractivity contribution in [3.05, 3.63) is 88.4 Å². The smallest absolute Gasteiger partial charge is 0.261 e. The van der Waals surface area contributed by atoms with Crippen molar-refractivity contribution < 1.29 is 9.53 Å². The molecule has 0 radical (unpaired) electrons. The first-order valence-electron chi connectivity index (χ1n) is 13.3. The fourth-order valence-electron chi connectivity index (χ4n) is 6.26. The summed E-state index contributed by atoms with van der Waals surface area (Å²) >= 11 is 18.5. The number of thiocarbonyl (C=S) groups is 1. The maximum Gasteiger partial charge on any atom is 0.261 e. The summed E-state index contributed by atoms with van der Waals surface area (Å²) in [6.07, 6.45) is 2.98. The highest BCUT2D eigenvalue weighted by Gasteiger charge is 2.53. The summed E-state index contributed by atoms with van der Waals surface area (Å²) in [6.45, 7) is 8.65. The third-order valence-corrected chi connectivity index (χ3v) is 14.5. The molecule has 1 heterocycles. The van der Waals surface area contributed by atoms with Crippen LogP contribution in [0.3, 0.4) is 0 Å². The molecule has 1 aliphatic heterocycles. The van der Waals surface area contributed by atoms with Gasteiger partial charge in [-0.2, -0.15) is 0 Å². The van der Waals surface area contributed by atoms with Crippen molar-refractivity contribution in [3.63, 3.8) is 0 Å². The van der Waals surface area contributed by atoms with Gasteiger partial charge in [-0.15, -0.1) is 0 Å². The van der Waals surface area contributed by atoms with Crippen LogP contribution in [0, 0.1) is 5.92 Å². The van der Waals surface area contributed by atoms with Crippen LogP contribution in [0.5, 0.6) is 5.75 Å². The van der Waals surface area contributed by atoms with Crippen LogP contribution in [0.2, 0.25) is 15.1 Å². The molecule has 0 aromatic heterocycles. The molecule has 1 N–H and O–H groups in total. The fraction of sp³-hybridized carbons (Fsp3) is 0.387. The lowest BCUT2D eigenvalue weighted by Crippen LogP contribution is -2.68. The number of phenolic OH excluding ortho intramolecular Hbond substituents is 1. The van der Waals surface area contributed by atoms with E-state index < -0.39 is 8.32 Å². The quantitative estimate of drug-likeness (QED) is 0.236. The Morgan fingerprint density at radius 3 is 2.08 bits per heavy atom. The molecule has 1 atom stereocenters. The van der Waals surface area contributed by atoms with E-state index in [1.807, 2.05) is 0 Å². The zero-order chi connectivity index (χ0) is 27.1. The van der Waals surface area contributed by atoms with Gasteiger partial charge in [-0.1, -0.05) is 117 Å². The highest BCUT2D eigenvalue weighted by atomic mass is 35.5. The molecule has 1 unspecified atom stereocenters. The summed E-state index contributed by atoms with van der Waals surface area (Å²) in [5.41, 5.74) is 0.713. The second kappa shape index (κ2) is 10.9. The van der Waals surface area contributed by atoms with Crippen LogP contribution in [0.1, 0.15) is 51.5 Å². The molecule has 2 aliphatic rings. The minimum absolute atomic E-state index is 0.0250. The van der Waals surface area contributed by atoms with Gasteiger partial charge in [-0.05, 0) is 46.3 Å². The minimum atomic E-state index is -2.54. The van der Waals surface area contributed by atoms with E-state index in [0.29, 0.717) is 27.9 Å². The molecule has 0 amide bonds. The van der Waals surface area contributed by atoms with E-state index in [1.54, 1.807) is 12.1 Å². The number of aromatic hydroxyl groups is 1. The van der Waals surface area contributed by atoms with Gasteiger partial charge in [0.15, 0.2) is 0 Å². The lowest BCUT2D eigenvalue weighted by atomic mass is 9.82. The molecule has 5 rings (SSSR count). The van der Waals surface area contributed by atoms with Crippen LogP contribution in [0.25, 0.3) is 0 Å². The Hall–Kier alpha value is -1.89. The lowest BCUT2D eigenvalue weighted by Gasteiger charge is -2.49. The van der Waals surface area contributed by atoms with Gasteiger partial charge in [0.1, 0.15) is 5.75 Å². The molecule has 1 saturated carbocycles. The number of halogens is 2. The highest BCUT2D eigenvalue weighted by Crippen LogP contribution is 2.44. The van der Waals surface area contributed by atoms with Crippen molar-refractivity contribution in [2.75, 3.05) is 13.1 Å². The Balaban J connectivity index is 1.30. The van der Waals surface area contributed by atoms with Gasteiger partial charge >= 0.3 is 0 Å². The Labute approximate surface area is 242 Å². The van der Waals surface area contributed by atoms with E-state index in [1.165, 1.54) is 10.4 Å². The van der Waals surface area contributed by atoms with Crippen molar-refractivity contribution in [2.45, 2.75) is 57.1 Å². The van der Waals surface area contributed by atoms with Gasteiger partial charge in [0.25, 0.3) is 8.32 Å². The first kappa shape index (κ1) is 27.7. The molecule has 0 bridgehead atoms. The number of nitrogens with zero attached hydrogens (tertiary/aromatic N) is 1. The molecule has 3 aromatic rings. The maximum absolute atomic E-state index is 10.5. The van der Waals surface area contributed by atoms with Crippen LogP contribution in [0.4, 0.5) is 0 Å². The van der Waals surface area contributed by atoms with E-state index in [0.717, 1.165) is 30.9 Å². The predicted octanol–water partition coefficient (Wildman–Crippen LogP) is 7.17. The summed E-state index contributed by atoms with van der Waals surface area (Å²) < 4.78 is 7.29. The summed E-state index contributed by atoms with van der Waals surface area (Å²) in [5, 5.41) is 14.0. The number of benzene rings is 3. The molecule has 200 valence electrons. The molecule has 3 nitrogen and oxygen atoms in total. The maximum atomic E-state index is 10.5. The van der Waals surface area contributed by atoms with E-state index in [9.17, 15) is 5.11 Å². The molecule has 3 aromatic carbocycles. The van der Waals surface area contributed by atoms with Crippen LogP contribution < -0.4 is 10.4 Å². The topological polar surface area (TPSA) is 32.7 Å². The highest BCUT2D eigenvalue weighted by molar-refractivity contribution is 7.80. The van der Waals surface area contributed by atoms with Crippen LogP contribution in [0.15, 0.2) is 72.8 Å². The number of phenols is 1. The number of likely N-dealkylation sites (tertiary alicyclic amines) is 1. The van der Waals surface area contributed by atoms with Crippen LogP contribution in [-0.4, -0.2) is 42.5 Å². The molecule has 1 aliphatic carbocycles. The van der Waals surface area contributed by atoms with Gasteiger partial charge in [0.2, 0.25) is 0 Å². The van der Waals surface area contributed by atoms with Crippen molar-refractivity contribution in [2.24, 2.45) is 5.92 Å². The van der Waals surface area contributed by atoms with Crippen molar-refractivity contribution in [1.29, 1.82) is 0 Å². The Morgan fingerprint density at radius 2 is 1.53 bits per heavy atom. The van der Waals surface area contributed by atoms with Crippen molar-refractivity contribution in [1.82, 2.24) is 4.90 Å². The van der Waals surface area contributed by atoms with Gasteiger partial charge in [-0.3, -0.25) is 0 Å². The summed E-state index contributed by atoms with van der Waals surface area (Å²) in [5.74, 6) is 0.771. The molecule has 38 heavy (non-hydrogen) atoms. The second-order valence-corrected chi connectivity index (χ2v) is 17.2. The van der Waals surface area contributed by atoms with E-state index in [-0.39, 0.29) is 22.8 Å². The molecule has 7 heteroatoms. The van der Waals surface area contributed by atoms with Gasteiger partial charge in [-0.25, -0.2) is 0 Å². The third kappa shape index (κ3) is 5.16. The SMILES string of the molecule is CC(C)(C)[Si](OC1CC(CN2CC(c3c(O)ccc(Cl)c3Cl)CC2=S)C1)(c1ccccc1)c1ccccc1. The molecular formula is C31H35Cl2NO2SSi. The first-order valence-corrected chi connectivity index (χ1v) is 16.4. The zero-order valence-electron chi connectivity index (χ0n) is 22.2. The molecule has 2 fully saturated rings. The summed E-state index contributed by atoms with van der Waals surface area (Å²) in [7, 11) is -2.54. The van der Waals surface area contributed by atoms with E-state index in [4.69, 9.17) is 39.8 Å². The standard InChI is InChI=1S/C31H35Cl2NO2SSi/c1-31(2,3)38(24-10-6-4-7-11-24,25-12-8-5-9-13-25)36-23-16-21(17-23)19-34-20-22(18-28(34)37)29-27(35)15-14-26(32)30(29)33/h4-15,21-23,35H,16-20H2,1-3H3. The number of hydrogen-bond donors (Lipinski definition) is 1. The normalized spacial score (nSPS) is 22.0. The Morgan fingerprint density at radius 1 is 0.947 bits per heavy atom. The predicted molar refractivity (Wildman–Crippen MR) is 165 cm³/mol. The molecular weight excluding hydrogens is 549 g/mol. The van der Waals surface area contributed by atoms with E-state index >= 15 is 0 Å². The summed E-state index contributed by atoms with van der Waals surface area (Å²) in [4.78, 5) is 3.22. The van der Waals surface area contributed by atoms with Crippen molar-refractivity contribution in [3.8, 4) is 5.75 Å². The monoisotopic (exact) mass is 583 g/mol. The minimum Gasteiger partial charge on any atom is -0.508 e. The van der Waals surface area contributed by atoms with Crippen LogP contribution in [-0.2, 0) is 4.43 Å². The Bertz CT molecular complexity index is 1250. The van der Waals surface area contributed by atoms with E-state index in [2.05, 4.69) is 86.3 Å². The average Bonchev–Trinajstić information content (AvgIpc) is 3.23. The second-order valence-electron chi connectivity index (χ2n) is 11.7. The first-order chi connectivity index (χ1) is 18.1. The Kier molecular flexibility index (Phi) is 7.96. The number of hydrogen-bond acceptors (Lipinski definition) is 3. The summed E-state index contributed by atoms with van der Waals surface area (Å²) in [6, 6.07) is 24.9. The fourth-order valence-corrected chi connectivity index (χ4v) is 11.8. The average molecular weight is 585 g/mol. The van der Waals surface area contributed by atoms with Gasteiger partial charge in [0, 0.05) is 37.1 Å². The van der Waals surface area contributed by atoms with Crippen LogP contribution >= 0.6 is 35.4 Å². The van der Waals surface area contributed by atoms with Gasteiger partial charge < -0.3 is 14.4 Å². The zero-order valence-corrected chi connectivity index (χ0v) is 25.5. The van der Waals surface area contributed by atoms with Crippen molar-refractivity contribution >= 4 is 59.1 Å². The molecule has 1 saturated heterocycles. The number of rotatable bonds is 7. The largest absolute Gasteiger partial charge is 0.508 e. The third-order valence-electron chi connectivity index (χ3n) is 8.16.